The van der Waals surface area contributed by atoms with E-state index in [2.05, 4.69) is 10.1 Å². The first kappa shape index (κ1) is 18.6. The van der Waals surface area contributed by atoms with Gasteiger partial charge >= 0.3 is 6.61 Å². The predicted octanol–water partition coefficient (Wildman–Crippen LogP) is 3.82. The van der Waals surface area contributed by atoms with Crippen LogP contribution in [0.3, 0.4) is 0 Å². The Labute approximate surface area is 141 Å². The molecule has 2 aromatic rings. The molecule has 0 saturated heterocycles. The lowest BCUT2D eigenvalue weighted by Gasteiger charge is -2.15. The zero-order valence-electron chi connectivity index (χ0n) is 13.1. The van der Waals surface area contributed by atoms with Crippen LogP contribution in [0.25, 0.3) is 0 Å². The van der Waals surface area contributed by atoms with Gasteiger partial charge in [-0.1, -0.05) is 12.1 Å². The number of carbonyl (C=O) groups excluding carboxylic acids is 1. The highest BCUT2D eigenvalue weighted by atomic mass is 19.3. The van der Waals surface area contributed by atoms with Crippen LogP contribution in [-0.4, -0.2) is 19.1 Å². The van der Waals surface area contributed by atoms with Crippen molar-refractivity contribution in [1.82, 2.24) is 5.32 Å². The predicted molar refractivity (Wildman–Crippen MR) is 81.5 cm³/mol. The molecule has 25 heavy (non-hydrogen) atoms. The Kier molecular flexibility index (Phi) is 6.21. The highest BCUT2D eigenvalue weighted by Gasteiger charge is 2.12. The van der Waals surface area contributed by atoms with Gasteiger partial charge in [0.25, 0.3) is 5.91 Å². The Bertz CT molecular complexity index is 722. The van der Waals surface area contributed by atoms with Gasteiger partial charge in [-0.3, -0.25) is 4.79 Å². The lowest BCUT2D eigenvalue weighted by Crippen LogP contribution is -2.31. The first-order chi connectivity index (χ1) is 11.8. The highest BCUT2D eigenvalue weighted by molar-refractivity contribution is 5.78. The summed E-state index contributed by atoms with van der Waals surface area (Å²) in [5.74, 6) is -2.41. The van der Waals surface area contributed by atoms with Gasteiger partial charge in [-0.05, 0) is 36.8 Å². The Morgan fingerprint density at radius 3 is 2.40 bits per heavy atom. The molecule has 8 heteroatoms. The number of halogens is 4. The van der Waals surface area contributed by atoms with Crippen molar-refractivity contribution in [2.45, 2.75) is 19.6 Å². The standard InChI is InChI=1S/C17H15F4NO3/c1-10(11-2-5-13(6-3-11)25-17(20)21)22-16(23)9-24-15-7-4-12(18)8-14(15)19/h2-8,10,17H,9H2,1H3,(H,22,23). The SMILES string of the molecule is CC(NC(=O)COc1ccc(F)cc1F)c1ccc(OC(F)F)cc1. The molecule has 1 N–H and O–H groups in total. The number of ether oxygens (including phenoxy) is 2. The van der Waals surface area contributed by atoms with E-state index in [1.165, 1.54) is 24.3 Å². The maximum absolute atomic E-state index is 13.4. The van der Waals surface area contributed by atoms with Crippen LogP contribution in [0, 0.1) is 11.6 Å². The van der Waals surface area contributed by atoms with Gasteiger partial charge in [0.05, 0.1) is 6.04 Å². The maximum Gasteiger partial charge on any atom is 0.387 e. The van der Waals surface area contributed by atoms with Crippen molar-refractivity contribution in [3.8, 4) is 11.5 Å². The summed E-state index contributed by atoms with van der Waals surface area (Å²) in [5, 5.41) is 2.61. The van der Waals surface area contributed by atoms with Crippen LogP contribution in [0.5, 0.6) is 11.5 Å². The summed E-state index contributed by atoms with van der Waals surface area (Å²) in [4.78, 5) is 11.8. The van der Waals surface area contributed by atoms with E-state index in [4.69, 9.17) is 4.74 Å². The second kappa shape index (κ2) is 8.36. The molecule has 1 amide bonds. The molecule has 0 bridgehead atoms. The average molecular weight is 357 g/mol. The fourth-order valence-corrected chi connectivity index (χ4v) is 2.04. The number of amides is 1. The Morgan fingerprint density at radius 1 is 1.12 bits per heavy atom. The van der Waals surface area contributed by atoms with Crippen LogP contribution in [0.1, 0.15) is 18.5 Å². The first-order valence-electron chi connectivity index (χ1n) is 7.27. The summed E-state index contributed by atoms with van der Waals surface area (Å²) in [6.07, 6.45) is 0. The lowest BCUT2D eigenvalue weighted by molar-refractivity contribution is -0.123. The van der Waals surface area contributed by atoms with E-state index in [0.717, 1.165) is 12.1 Å². The Balaban J connectivity index is 1.87. The van der Waals surface area contributed by atoms with Crippen molar-refractivity contribution in [1.29, 1.82) is 0 Å². The molecule has 2 aromatic carbocycles. The summed E-state index contributed by atoms with van der Waals surface area (Å²) in [6, 6.07) is 8.09. The molecule has 0 aliphatic heterocycles. The second-order valence-corrected chi connectivity index (χ2v) is 5.10. The van der Waals surface area contributed by atoms with E-state index in [1.54, 1.807) is 6.92 Å². The van der Waals surface area contributed by atoms with Gasteiger partial charge in [0.2, 0.25) is 0 Å². The van der Waals surface area contributed by atoms with Gasteiger partial charge in [-0.25, -0.2) is 8.78 Å². The Hall–Kier alpha value is -2.77. The van der Waals surface area contributed by atoms with Crippen LogP contribution >= 0.6 is 0 Å². The van der Waals surface area contributed by atoms with Gasteiger partial charge in [0, 0.05) is 6.07 Å². The number of rotatable bonds is 7. The lowest BCUT2D eigenvalue weighted by atomic mass is 10.1. The topological polar surface area (TPSA) is 47.6 Å². The summed E-state index contributed by atoms with van der Waals surface area (Å²) >= 11 is 0. The van der Waals surface area contributed by atoms with E-state index >= 15 is 0 Å². The van der Waals surface area contributed by atoms with Gasteiger partial charge in [-0.15, -0.1) is 0 Å². The largest absolute Gasteiger partial charge is 0.481 e. The smallest absolute Gasteiger partial charge is 0.387 e. The number of carbonyl (C=O) groups is 1. The molecule has 0 saturated carbocycles. The molecule has 0 spiro atoms. The molecule has 2 rings (SSSR count). The second-order valence-electron chi connectivity index (χ2n) is 5.10. The molecule has 1 unspecified atom stereocenters. The van der Waals surface area contributed by atoms with E-state index in [9.17, 15) is 22.4 Å². The number of hydrogen-bond donors (Lipinski definition) is 1. The molecule has 0 fully saturated rings. The minimum absolute atomic E-state index is 0.00685. The third-order valence-electron chi connectivity index (χ3n) is 3.24. The minimum Gasteiger partial charge on any atom is -0.481 e. The minimum atomic E-state index is -2.91. The van der Waals surface area contributed by atoms with Crippen molar-refractivity contribution in [3.63, 3.8) is 0 Å². The molecular formula is C17H15F4NO3. The molecule has 134 valence electrons. The zero-order chi connectivity index (χ0) is 18.4. The molecule has 0 radical (unpaired) electrons. The quantitative estimate of drug-likeness (QED) is 0.767. The van der Waals surface area contributed by atoms with Gasteiger partial charge in [-0.2, -0.15) is 8.78 Å². The summed E-state index contributed by atoms with van der Waals surface area (Å²) < 4.78 is 59.6. The highest BCUT2D eigenvalue weighted by Crippen LogP contribution is 2.20. The number of nitrogens with one attached hydrogen (secondary N) is 1. The van der Waals surface area contributed by atoms with E-state index in [-0.39, 0.29) is 11.5 Å². The fraction of sp³-hybridized carbons (Fsp3) is 0.235. The molecular weight excluding hydrogens is 342 g/mol. The number of alkyl halides is 2. The third-order valence-corrected chi connectivity index (χ3v) is 3.24. The molecule has 1 atom stereocenters. The van der Waals surface area contributed by atoms with Crippen LogP contribution in [0.15, 0.2) is 42.5 Å². The molecule has 4 nitrogen and oxygen atoms in total. The molecule has 0 aliphatic carbocycles. The van der Waals surface area contributed by atoms with Crippen LogP contribution < -0.4 is 14.8 Å². The van der Waals surface area contributed by atoms with E-state index in [1.807, 2.05) is 0 Å². The summed E-state index contributed by atoms with van der Waals surface area (Å²) in [6.45, 7) is -1.69. The molecule has 0 heterocycles. The monoisotopic (exact) mass is 357 g/mol. The van der Waals surface area contributed by atoms with Crippen LogP contribution in [-0.2, 0) is 4.79 Å². The summed E-state index contributed by atoms with van der Waals surface area (Å²) in [5.41, 5.74) is 0.655. The van der Waals surface area contributed by atoms with Crippen LogP contribution in [0.4, 0.5) is 17.6 Å². The fourth-order valence-electron chi connectivity index (χ4n) is 2.04. The first-order valence-corrected chi connectivity index (χ1v) is 7.27. The van der Waals surface area contributed by atoms with Gasteiger partial charge < -0.3 is 14.8 Å². The molecule has 0 aromatic heterocycles. The van der Waals surface area contributed by atoms with Crippen LogP contribution in [0.2, 0.25) is 0 Å². The van der Waals surface area contributed by atoms with Crippen molar-refractivity contribution >= 4 is 5.91 Å². The van der Waals surface area contributed by atoms with Crippen molar-refractivity contribution in [2.24, 2.45) is 0 Å². The zero-order valence-corrected chi connectivity index (χ0v) is 13.1. The third kappa shape index (κ3) is 5.66. The van der Waals surface area contributed by atoms with Gasteiger partial charge in [0.15, 0.2) is 18.2 Å². The van der Waals surface area contributed by atoms with Crippen molar-refractivity contribution in [3.05, 3.63) is 59.7 Å². The van der Waals surface area contributed by atoms with E-state index < -0.39 is 36.8 Å². The number of benzene rings is 2. The normalized spacial score (nSPS) is 11.9. The van der Waals surface area contributed by atoms with Crippen molar-refractivity contribution < 1.29 is 31.8 Å². The molecule has 0 aliphatic rings. The van der Waals surface area contributed by atoms with Gasteiger partial charge in [0.1, 0.15) is 11.6 Å². The number of hydrogen-bond acceptors (Lipinski definition) is 3. The van der Waals surface area contributed by atoms with Crippen molar-refractivity contribution in [2.75, 3.05) is 6.61 Å². The van der Waals surface area contributed by atoms with E-state index in [0.29, 0.717) is 11.6 Å². The maximum atomic E-state index is 13.4. The summed E-state index contributed by atoms with van der Waals surface area (Å²) in [7, 11) is 0. The Morgan fingerprint density at radius 2 is 1.80 bits per heavy atom. The average Bonchev–Trinajstić information content (AvgIpc) is 2.54.